The Kier molecular flexibility index (Phi) is 6.14. The van der Waals surface area contributed by atoms with Crippen molar-refractivity contribution in [1.29, 1.82) is 5.26 Å². The van der Waals surface area contributed by atoms with Crippen LogP contribution in [0.15, 0.2) is 53.1 Å². The molecule has 2 aromatic rings. The van der Waals surface area contributed by atoms with Crippen molar-refractivity contribution in [2.75, 3.05) is 24.1 Å². The van der Waals surface area contributed by atoms with Crippen molar-refractivity contribution in [3.8, 4) is 11.8 Å². The van der Waals surface area contributed by atoms with Crippen LogP contribution in [0.1, 0.15) is 24.8 Å². The second-order valence-corrected chi connectivity index (χ2v) is 8.65. The lowest BCUT2D eigenvalue weighted by molar-refractivity contribution is -0.129. The Hall–Kier alpha value is -2.33. The zero-order valence-corrected chi connectivity index (χ0v) is 18.6. The van der Waals surface area contributed by atoms with Crippen LogP contribution in [-0.2, 0) is 4.79 Å². The number of nitriles is 1. The molecule has 2 heterocycles. The Morgan fingerprint density at radius 1 is 1.20 bits per heavy atom. The number of carbonyl (C=O) groups excluding carboxylic acids is 1. The molecule has 1 saturated heterocycles. The first-order valence-corrected chi connectivity index (χ1v) is 11.3. The molecule has 0 saturated carbocycles. The number of ether oxygens (including phenoxy) is 1. The van der Waals surface area contributed by atoms with Gasteiger partial charge in [-0.05, 0) is 36.8 Å². The van der Waals surface area contributed by atoms with Crippen LogP contribution >= 0.6 is 35.0 Å². The molecule has 154 valence electrons. The van der Waals surface area contributed by atoms with Gasteiger partial charge in [-0.15, -0.1) is 0 Å². The molecule has 0 bridgehead atoms. The van der Waals surface area contributed by atoms with Gasteiger partial charge in [-0.25, -0.2) is 0 Å². The van der Waals surface area contributed by atoms with E-state index in [-0.39, 0.29) is 12.3 Å². The molecule has 2 aliphatic rings. The molecule has 2 aromatic carbocycles. The number of amides is 1. The standard InChI is InChI=1S/C22H19Cl2N3O2S/c1-2-29-19-9-4-3-8-18(19)26-12-27-20(28)10-14(15(11-25)22(27)30-13-26)21-16(23)6-5-7-17(21)24/h3-9,14H,2,10,12-13H2,1H3. The normalized spacial score (nSPS) is 18.9. The number of allylic oxidation sites excluding steroid dienone is 1. The summed E-state index contributed by atoms with van der Waals surface area (Å²) in [6.07, 6.45) is 0.150. The maximum atomic E-state index is 13.1. The summed E-state index contributed by atoms with van der Waals surface area (Å²) in [6, 6.07) is 15.3. The molecule has 0 N–H and O–H groups in total. The monoisotopic (exact) mass is 459 g/mol. The molecule has 5 nitrogen and oxygen atoms in total. The van der Waals surface area contributed by atoms with Gasteiger partial charge in [0.2, 0.25) is 5.91 Å². The van der Waals surface area contributed by atoms with E-state index in [4.69, 9.17) is 27.9 Å². The molecule has 1 fully saturated rings. The van der Waals surface area contributed by atoms with Crippen molar-refractivity contribution in [2.24, 2.45) is 0 Å². The van der Waals surface area contributed by atoms with Gasteiger partial charge >= 0.3 is 0 Å². The minimum Gasteiger partial charge on any atom is -0.492 e. The van der Waals surface area contributed by atoms with Gasteiger partial charge in [-0.3, -0.25) is 9.69 Å². The van der Waals surface area contributed by atoms with Crippen LogP contribution in [0.2, 0.25) is 10.0 Å². The molecule has 1 atom stereocenters. The third-order valence-corrected chi connectivity index (χ3v) is 6.96. The number of hydrogen-bond donors (Lipinski definition) is 0. The fraction of sp³-hybridized carbons (Fsp3) is 0.273. The van der Waals surface area contributed by atoms with Gasteiger partial charge in [-0.1, -0.05) is 53.2 Å². The molecular formula is C22H19Cl2N3O2S. The molecular weight excluding hydrogens is 441 g/mol. The van der Waals surface area contributed by atoms with Crippen LogP contribution in [0, 0.1) is 11.3 Å². The predicted octanol–water partition coefficient (Wildman–Crippen LogP) is 5.61. The van der Waals surface area contributed by atoms with Crippen LogP contribution in [0.25, 0.3) is 0 Å². The topological polar surface area (TPSA) is 56.6 Å². The second-order valence-electron chi connectivity index (χ2n) is 6.90. The third kappa shape index (κ3) is 3.74. The lowest BCUT2D eigenvalue weighted by Crippen LogP contribution is -2.47. The highest BCUT2D eigenvalue weighted by molar-refractivity contribution is 8.03. The van der Waals surface area contributed by atoms with Crippen molar-refractivity contribution in [2.45, 2.75) is 19.3 Å². The third-order valence-electron chi connectivity index (χ3n) is 5.15. The number of anilines is 1. The first-order valence-electron chi connectivity index (χ1n) is 9.53. The Bertz CT molecular complexity index is 1050. The van der Waals surface area contributed by atoms with Crippen molar-refractivity contribution in [3.05, 3.63) is 68.7 Å². The van der Waals surface area contributed by atoms with Gasteiger partial charge in [0.15, 0.2) is 0 Å². The van der Waals surface area contributed by atoms with Crippen molar-refractivity contribution < 1.29 is 9.53 Å². The van der Waals surface area contributed by atoms with E-state index in [0.29, 0.717) is 45.4 Å². The second kappa shape index (κ2) is 8.81. The number of rotatable bonds is 4. The van der Waals surface area contributed by atoms with Gasteiger partial charge in [-0.2, -0.15) is 5.26 Å². The average Bonchev–Trinajstić information content (AvgIpc) is 2.74. The molecule has 0 aromatic heterocycles. The summed E-state index contributed by atoms with van der Waals surface area (Å²) in [5.74, 6) is 0.872. The highest BCUT2D eigenvalue weighted by Crippen LogP contribution is 2.47. The summed E-state index contributed by atoms with van der Waals surface area (Å²) in [7, 11) is 0. The van der Waals surface area contributed by atoms with Crippen LogP contribution in [0.3, 0.4) is 0 Å². The Labute approximate surface area is 189 Å². The number of benzene rings is 2. The number of fused-ring (bicyclic) bond motifs is 1. The van der Waals surface area contributed by atoms with Crippen LogP contribution in [-0.4, -0.2) is 30.0 Å². The van der Waals surface area contributed by atoms with Gasteiger partial charge < -0.3 is 9.64 Å². The zero-order valence-electron chi connectivity index (χ0n) is 16.3. The number of para-hydroxylation sites is 2. The number of nitrogens with zero attached hydrogens (tertiary/aromatic N) is 3. The lowest BCUT2D eigenvalue weighted by atomic mass is 9.86. The maximum absolute atomic E-state index is 13.1. The maximum Gasteiger partial charge on any atom is 0.229 e. The summed E-state index contributed by atoms with van der Waals surface area (Å²) in [6.45, 7) is 2.86. The fourth-order valence-corrected chi connectivity index (χ4v) is 5.62. The van der Waals surface area contributed by atoms with Crippen LogP contribution in [0.5, 0.6) is 5.75 Å². The molecule has 0 radical (unpaired) electrons. The molecule has 2 aliphatic heterocycles. The average molecular weight is 460 g/mol. The molecule has 0 spiro atoms. The summed E-state index contributed by atoms with van der Waals surface area (Å²) in [5.41, 5.74) is 2.10. The summed E-state index contributed by atoms with van der Waals surface area (Å²) >= 11 is 14.2. The number of halogens is 2. The molecule has 1 amide bonds. The van der Waals surface area contributed by atoms with E-state index in [1.54, 1.807) is 23.1 Å². The van der Waals surface area contributed by atoms with Crippen LogP contribution < -0.4 is 9.64 Å². The van der Waals surface area contributed by atoms with Gasteiger partial charge in [0, 0.05) is 22.4 Å². The van der Waals surface area contributed by atoms with Crippen molar-refractivity contribution >= 4 is 46.6 Å². The summed E-state index contributed by atoms with van der Waals surface area (Å²) < 4.78 is 5.75. The minimum absolute atomic E-state index is 0.0592. The predicted molar refractivity (Wildman–Crippen MR) is 121 cm³/mol. The van der Waals surface area contributed by atoms with E-state index in [1.165, 1.54) is 11.8 Å². The van der Waals surface area contributed by atoms with E-state index in [0.717, 1.165) is 11.4 Å². The van der Waals surface area contributed by atoms with Gasteiger partial charge in [0.05, 0.1) is 41.5 Å². The molecule has 4 rings (SSSR count). The zero-order chi connectivity index (χ0) is 21.3. The van der Waals surface area contributed by atoms with E-state index < -0.39 is 5.92 Å². The van der Waals surface area contributed by atoms with Crippen LogP contribution in [0.4, 0.5) is 5.69 Å². The van der Waals surface area contributed by atoms with Crippen molar-refractivity contribution in [1.82, 2.24) is 4.90 Å². The number of carbonyl (C=O) groups is 1. The highest BCUT2D eigenvalue weighted by atomic mass is 35.5. The lowest BCUT2D eigenvalue weighted by Gasteiger charge is -2.42. The first kappa shape index (κ1) is 20.9. The van der Waals surface area contributed by atoms with E-state index in [2.05, 4.69) is 11.0 Å². The molecule has 0 aliphatic carbocycles. The summed E-state index contributed by atoms with van der Waals surface area (Å²) in [4.78, 5) is 16.9. The van der Waals surface area contributed by atoms with E-state index in [1.807, 2.05) is 31.2 Å². The van der Waals surface area contributed by atoms with Gasteiger partial charge in [0.25, 0.3) is 0 Å². The first-order chi connectivity index (χ1) is 14.5. The summed E-state index contributed by atoms with van der Waals surface area (Å²) in [5, 5.41) is 11.6. The largest absolute Gasteiger partial charge is 0.492 e. The smallest absolute Gasteiger partial charge is 0.229 e. The van der Waals surface area contributed by atoms with E-state index in [9.17, 15) is 10.1 Å². The number of thioether (sulfide) groups is 1. The molecule has 8 heteroatoms. The Balaban J connectivity index is 1.70. The van der Waals surface area contributed by atoms with E-state index >= 15 is 0 Å². The molecule has 30 heavy (non-hydrogen) atoms. The van der Waals surface area contributed by atoms with Gasteiger partial charge in [0.1, 0.15) is 5.75 Å². The molecule has 1 unspecified atom stereocenters. The Morgan fingerprint density at radius 3 is 2.63 bits per heavy atom. The van der Waals surface area contributed by atoms with Crippen molar-refractivity contribution in [3.63, 3.8) is 0 Å². The fourth-order valence-electron chi connectivity index (χ4n) is 3.80. The SMILES string of the molecule is CCOc1ccccc1N1CSC2=C(C#N)C(c3c(Cl)cccc3Cl)CC(=O)N2C1. The minimum atomic E-state index is -0.440. The number of hydrogen-bond acceptors (Lipinski definition) is 5. The quantitative estimate of drug-likeness (QED) is 0.594. The highest BCUT2D eigenvalue weighted by Gasteiger charge is 2.40. The Morgan fingerprint density at radius 2 is 1.93 bits per heavy atom.